The van der Waals surface area contributed by atoms with Gasteiger partial charge in [-0.3, -0.25) is 4.79 Å². The van der Waals surface area contributed by atoms with Crippen LogP contribution in [0.25, 0.3) is 0 Å². The number of nitrogens with zero attached hydrogens (tertiary/aromatic N) is 1. The summed E-state index contributed by atoms with van der Waals surface area (Å²) in [6, 6.07) is 13.4. The summed E-state index contributed by atoms with van der Waals surface area (Å²) in [4.78, 5) is 16.7. The summed E-state index contributed by atoms with van der Waals surface area (Å²) in [6.07, 6.45) is -0.616. The van der Waals surface area contributed by atoms with Crippen LogP contribution in [0.5, 0.6) is 5.75 Å². The van der Waals surface area contributed by atoms with Crippen molar-refractivity contribution in [1.82, 2.24) is 0 Å². The fourth-order valence-corrected chi connectivity index (χ4v) is 3.65. The molecule has 0 bridgehead atoms. The Hall–Kier alpha value is -2.24. The lowest BCUT2D eigenvalue weighted by atomic mass is 10.2. The lowest BCUT2D eigenvalue weighted by Gasteiger charge is -2.34. The molecule has 1 saturated heterocycles. The van der Waals surface area contributed by atoms with Gasteiger partial charge in [-0.05, 0) is 56.7 Å². The standard InChI is InChI=1S/C22H28ClN3O2/c1-4-25-10-12-26(13-11-25)21-9-8-18(23)15-20(21)24-22(27)17(3)28-19-7-5-6-16(2)14-19/h5-9,14-15,17H,4,10-13H2,1-3H3,(H,24,27)/p+1/t17-/m1/s1. The van der Waals surface area contributed by atoms with E-state index in [9.17, 15) is 4.79 Å². The van der Waals surface area contributed by atoms with Crippen LogP contribution in [0, 0.1) is 6.92 Å². The van der Waals surface area contributed by atoms with Crippen molar-refractivity contribution in [3.8, 4) is 5.75 Å². The van der Waals surface area contributed by atoms with Gasteiger partial charge in [0, 0.05) is 5.02 Å². The number of carbonyl (C=O) groups excluding carboxylic acids is 1. The molecule has 1 aliphatic heterocycles. The number of likely N-dealkylation sites (N-methyl/N-ethyl adjacent to an activating group) is 1. The monoisotopic (exact) mass is 402 g/mol. The molecule has 3 rings (SSSR count). The van der Waals surface area contributed by atoms with Gasteiger partial charge < -0.3 is 19.9 Å². The van der Waals surface area contributed by atoms with Crippen molar-refractivity contribution in [2.45, 2.75) is 26.9 Å². The third kappa shape index (κ3) is 5.18. The van der Waals surface area contributed by atoms with E-state index in [1.165, 1.54) is 0 Å². The van der Waals surface area contributed by atoms with Crippen molar-refractivity contribution in [1.29, 1.82) is 0 Å². The van der Waals surface area contributed by atoms with E-state index in [2.05, 4.69) is 17.1 Å². The Kier molecular flexibility index (Phi) is 6.81. The fraction of sp³-hybridized carbons (Fsp3) is 0.409. The molecule has 1 atom stereocenters. The van der Waals surface area contributed by atoms with E-state index >= 15 is 0 Å². The maximum atomic E-state index is 12.7. The quantitative estimate of drug-likeness (QED) is 0.781. The zero-order chi connectivity index (χ0) is 20.1. The van der Waals surface area contributed by atoms with Crippen molar-refractivity contribution < 1.29 is 14.4 Å². The summed E-state index contributed by atoms with van der Waals surface area (Å²) in [5.41, 5.74) is 2.84. The fourth-order valence-electron chi connectivity index (χ4n) is 3.48. The van der Waals surface area contributed by atoms with Crippen molar-refractivity contribution in [3.05, 3.63) is 53.1 Å². The molecule has 0 aromatic heterocycles. The second-order valence-corrected chi connectivity index (χ2v) is 7.75. The zero-order valence-electron chi connectivity index (χ0n) is 16.8. The van der Waals surface area contributed by atoms with Crippen molar-refractivity contribution in [2.75, 3.05) is 42.9 Å². The summed E-state index contributed by atoms with van der Waals surface area (Å²) < 4.78 is 5.81. The van der Waals surface area contributed by atoms with Crippen LogP contribution in [0.1, 0.15) is 19.4 Å². The van der Waals surface area contributed by atoms with Gasteiger partial charge in [0.25, 0.3) is 5.91 Å². The number of aryl methyl sites for hydroxylation is 1. The topological polar surface area (TPSA) is 46.0 Å². The van der Waals surface area contributed by atoms with Gasteiger partial charge in [0.1, 0.15) is 5.75 Å². The number of benzene rings is 2. The molecule has 1 fully saturated rings. The van der Waals surface area contributed by atoms with Crippen LogP contribution in [-0.4, -0.2) is 44.7 Å². The second-order valence-electron chi connectivity index (χ2n) is 7.32. The Morgan fingerprint density at radius 3 is 2.68 bits per heavy atom. The smallest absolute Gasteiger partial charge is 0.265 e. The minimum absolute atomic E-state index is 0.192. The average Bonchev–Trinajstić information content (AvgIpc) is 2.68. The Morgan fingerprint density at radius 2 is 2.00 bits per heavy atom. The highest BCUT2D eigenvalue weighted by atomic mass is 35.5. The largest absolute Gasteiger partial charge is 0.481 e. The number of anilines is 2. The first-order valence-corrected chi connectivity index (χ1v) is 10.3. The van der Waals surface area contributed by atoms with Crippen molar-refractivity contribution in [2.24, 2.45) is 0 Å². The predicted molar refractivity (Wildman–Crippen MR) is 115 cm³/mol. The maximum absolute atomic E-state index is 12.7. The van der Waals surface area contributed by atoms with Gasteiger partial charge in [-0.25, -0.2) is 0 Å². The number of hydrogen-bond donors (Lipinski definition) is 2. The van der Waals surface area contributed by atoms with Gasteiger partial charge in [0.15, 0.2) is 6.10 Å². The van der Waals surface area contributed by atoms with E-state index < -0.39 is 6.10 Å². The summed E-state index contributed by atoms with van der Waals surface area (Å²) in [7, 11) is 0. The molecule has 2 aromatic carbocycles. The van der Waals surface area contributed by atoms with Gasteiger partial charge in [0.05, 0.1) is 44.1 Å². The minimum atomic E-state index is -0.616. The van der Waals surface area contributed by atoms with Gasteiger partial charge >= 0.3 is 0 Å². The highest BCUT2D eigenvalue weighted by Gasteiger charge is 2.23. The number of nitrogens with one attached hydrogen (secondary N) is 2. The lowest BCUT2D eigenvalue weighted by molar-refractivity contribution is -0.898. The van der Waals surface area contributed by atoms with Crippen LogP contribution in [0.2, 0.25) is 5.02 Å². The molecule has 6 heteroatoms. The third-order valence-electron chi connectivity index (χ3n) is 5.20. The van der Waals surface area contributed by atoms with Crippen molar-refractivity contribution in [3.63, 3.8) is 0 Å². The van der Waals surface area contributed by atoms with E-state index in [1.807, 2.05) is 49.4 Å². The lowest BCUT2D eigenvalue weighted by Crippen LogP contribution is -3.14. The van der Waals surface area contributed by atoms with E-state index in [0.29, 0.717) is 10.8 Å². The molecule has 0 unspecified atom stereocenters. The highest BCUT2D eigenvalue weighted by molar-refractivity contribution is 6.31. The minimum Gasteiger partial charge on any atom is -0.481 e. The number of quaternary nitrogens is 1. The molecule has 0 spiro atoms. The van der Waals surface area contributed by atoms with Crippen LogP contribution >= 0.6 is 11.6 Å². The first-order chi connectivity index (χ1) is 13.5. The van der Waals surface area contributed by atoms with Crippen LogP contribution in [0.4, 0.5) is 11.4 Å². The molecule has 1 aliphatic rings. The van der Waals surface area contributed by atoms with E-state index in [4.69, 9.17) is 16.3 Å². The predicted octanol–water partition coefficient (Wildman–Crippen LogP) is 2.78. The molecule has 1 heterocycles. The van der Waals surface area contributed by atoms with Crippen LogP contribution in [0.3, 0.4) is 0 Å². The molecule has 5 nitrogen and oxygen atoms in total. The molecule has 0 saturated carbocycles. The van der Waals surface area contributed by atoms with Gasteiger partial charge in [-0.1, -0.05) is 23.7 Å². The highest BCUT2D eigenvalue weighted by Crippen LogP contribution is 2.29. The van der Waals surface area contributed by atoms with Gasteiger partial charge in [-0.15, -0.1) is 0 Å². The Bertz CT molecular complexity index is 819. The Balaban J connectivity index is 1.70. The summed E-state index contributed by atoms with van der Waals surface area (Å²) in [5, 5.41) is 3.61. The third-order valence-corrected chi connectivity index (χ3v) is 5.43. The van der Waals surface area contributed by atoms with E-state index in [0.717, 1.165) is 49.7 Å². The average molecular weight is 403 g/mol. The second kappa shape index (κ2) is 9.30. The zero-order valence-corrected chi connectivity index (χ0v) is 17.6. The first-order valence-electron chi connectivity index (χ1n) is 9.88. The van der Waals surface area contributed by atoms with E-state index in [-0.39, 0.29) is 5.91 Å². The summed E-state index contributed by atoms with van der Waals surface area (Å²) >= 11 is 6.21. The number of amides is 1. The molecule has 0 radical (unpaired) electrons. The normalized spacial score (nSPS) is 15.9. The first kappa shape index (κ1) is 20.5. The van der Waals surface area contributed by atoms with Crippen LogP contribution in [0.15, 0.2) is 42.5 Å². The number of piperazine rings is 1. The number of carbonyl (C=O) groups is 1. The molecule has 1 amide bonds. The maximum Gasteiger partial charge on any atom is 0.265 e. The van der Waals surface area contributed by atoms with Gasteiger partial charge in [-0.2, -0.15) is 0 Å². The van der Waals surface area contributed by atoms with Crippen LogP contribution in [-0.2, 0) is 4.79 Å². The number of rotatable bonds is 6. The van der Waals surface area contributed by atoms with E-state index in [1.54, 1.807) is 11.8 Å². The Labute approximate surface area is 172 Å². The summed E-state index contributed by atoms with van der Waals surface area (Å²) in [5.74, 6) is 0.496. The molecule has 150 valence electrons. The number of hydrogen-bond acceptors (Lipinski definition) is 3. The molecular formula is C22H29ClN3O2+. The SMILES string of the molecule is CC[NH+]1CCN(c2ccc(Cl)cc2NC(=O)[C@@H](C)Oc2cccc(C)c2)CC1. The molecule has 0 aliphatic carbocycles. The number of halogens is 1. The summed E-state index contributed by atoms with van der Waals surface area (Å²) in [6.45, 7) is 11.2. The Morgan fingerprint density at radius 1 is 1.25 bits per heavy atom. The molecule has 2 aromatic rings. The molecule has 28 heavy (non-hydrogen) atoms. The van der Waals surface area contributed by atoms with Crippen molar-refractivity contribution >= 4 is 28.9 Å². The molecular weight excluding hydrogens is 374 g/mol. The molecule has 2 N–H and O–H groups in total. The number of ether oxygens (including phenoxy) is 1. The van der Waals surface area contributed by atoms with Crippen LogP contribution < -0.4 is 19.9 Å². The van der Waals surface area contributed by atoms with Gasteiger partial charge in [0.2, 0.25) is 0 Å².